The molecule has 1 atom stereocenters. The summed E-state index contributed by atoms with van der Waals surface area (Å²) in [6, 6.07) is 12.4. The van der Waals surface area contributed by atoms with Crippen molar-refractivity contribution in [3.8, 4) is 16.3 Å². The fourth-order valence-electron chi connectivity index (χ4n) is 2.39. The van der Waals surface area contributed by atoms with Gasteiger partial charge in [-0.2, -0.15) is 5.10 Å². The summed E-state index contributed by atoms with van der Waals surface area (Å²) in [5, 5.41) is 10.7. The largest absolute Gasteiger partial charge is 0.449 e. The number of aromatic nitrogens is 2. The lowest BCUT2D eigenvalue weighted by atomic mass is 10.2. The molecule has 8 nitrogen and oxygen atoms in total. The number of carbonyl (C=O) groups excluding carboxylic acids is 3. The fourth-order valence-corrected chi connectivity index (χ4v) is 3.11. The summed E-state index contributed by atoms with van der Waals surface area (Å²) >= 11 is 1.44. The maximum atomic E-state index is 12.7. The van der Waals surface area contributed by atoms with Crippen molar-refractivity contribution in [2.24, 2.45) is 0 Å². The van der Waals surface area contributed by atoms with E-state index in [9.17, 15) is 14.4 Å². The first kappa shape index (κ1) is 19.3. The highest BCUT2D eigenvalue weighted by molar-refractivity contribution is 7.13. The van der Waals surface area contributed by atoms with E-state index in [1.807, 2.05) is 47.8 Å². The lowest BCUT2D eigenvalue weighted by Crippen LogP contribution is -2.43. The second-order valence-corrected chi connectivity index (χ2v) is 6.71. The van der Waals surface area contributed by atoms with E-state index in [1.54, 1.807) is 10.9 Å². The Balaban J connectivity index is 1.87. The van der Waals surface area contributed by atoms with E-state index >= 15 is 0 Å². The van der Waals surface area contributed by atoms with Crippen LogP contribution in [0.25, 0.3) is 16.3 Å². The monoisotopic (exact) mass is 398 g/mol. The first-order chi connectivity index (χ1) is 13.5. The zero-order valence-corrected chi connectivity index (χ0v) is 16.0. The lowest BCUT2D eigenvalue weighted by molar-refractivity contribution is -0.127. The minimum atomic E-state index is -1.15. The van der Waals surface area contributed by atoms with Crippen LogP contribution < -0.4 is 10.6 Å². The summed E-state index contributed by atoms with van der Waals surface area (Å²) in [7, 11) is 1.38. The summed E-state index contributed by atoms with van der Waals surface area (Å²) in [4.78, 5) is 36.7. The highest BCUT2D eigenvalue weighted by Gasteiger charge is 2.25. The maximum Gasteiger partial charge on any atom is 0.342 e. The quantitative estimate of drug-likeness (QED) is 0.643. The normalized spacial score (nSPS) is 11.5. The van der Waals surface area contributed by atoms with Crippen LogP contribution in [-0.2, 0) is 9.53 Å². The average Bonchev–Trinajstić information content (AvgIpc) is 3.38. The summed E-state index contributed by atoms with van der Waals surface area (Å²) in [5.74, 6) is -1.43. The molecule has 144 valence electrons. The summed E-state index contributed by atoms with van der Waals surface area (Å²) in [5.41, 5.74) is 1.47. The SMILES string of the molecule is CNC(=O)NC(=O)[C@@H](C)OC(=O)c1cn(-c2ccccc2)nc1-c1cccs1. The maximum absolute atomic E-state index is 12.7. The molecular weight excluding hydrogens is 380 g/mol. The van der Waals surface area contributed by atoms with Crippen LogP contribution in [-0.4, -0.2) is 40.8 Å². The van der Waals surface area contributed by atoms with Gasteiger partial charge < -0.3 is 10.1 Å². The zero-order valence-electron chi connectivity index (χ0n) is 15.2. The molecule has 0 saturated carbocycles. The lowest BCUT2D eigenvalue weighted by Gasteiger charge is -2.12. The van der Waals surface area contributed by atoms with Crippen LogP contribution in [0.15, 0.2) is 54.0 Å². The summed E-state index contributed by atoms with van der Waals surface area (Å²) < 4.78 is 6.84. The van der Waals surface area contributed by atoms with Crippen LogP contribution in [0.2, 0.25) is 0 Å². The Bertz CT molecular complexity index is 983. The van der Waals surface area contributed by atoms with Gasteiger partial charge in [0.05, 0.1) is 10.6 Å². The third-order valence-corrected chi connectivity index (χ3v) is 4.70. The van der Waals surface area contributed by atoms with Crippen molar-refractivity contribution < 1.29 is 19.1 Å². The molecule has 3 amide bonds. The molecule has 2 N–H and O–H groups in total. The number of nitrogens with one attached hydrogen (secondary N) is 2. The van der Waals surface area contributed by atoms with E-state index in [2.05, 4.69) is 15.7 Å². The van der Waals surface area contributed by atoms with Gasteiger partial charge in [-0.25, -0.2) is 14.3 Å². The van der Waals surface area contributed by atoms with Gasteiger partial charge in [0.25, 0.3) is 5.91 Å². The molecule has 28 heavy (non-hydrogen) atoms. The number of hydrogen-bond donors (Lipinski definition) is 2. The highest BCUT2D eigenvalue weighted by atomic mass is 32.1. The molecule has 0 fully saturated rings. The molecule has 0 aliphatic carbocycles. The minimum absolute atomic E-state index is 0.228. The van der Waals surface area contributed by atoms with Gasteiger partial charge in [-0.1, -0.05) is 24.3 Å². The van der Waals surface area contributed by atoms with Crippen molar-refractivity contribution in [2.45, 2.75) is 13.0 Å². The van der Waals surface area contributed by atoms with Crippen molar-refractivity contribution in [1.82, 2.24) is 20.4 Å². The number of thiophene rings is 1. The topological polar surface area (TPSA) is 102 Å². The second kappa shape index (κ2) is 8.49. The molecule has 9 heteroatoms. The predicted octanol–water partition coefficient (Wildman–Crippen LogP) is 2.60. The zero-order chi connectivity index (χ0) is 20.1. The molecule has 2 heterocycles. The van der Waals surface area contributed by atoms with E-state index < -0.39 is 24.0 Å². The Labute approximate surface area is 165 Å². The Morgan fingerprint density at radius 1 is 1.14 bits per heavy atom. The van der Waals surface area contributed by atoms with Gasteiger partial charge in [-0.3, -0.25) is 10.1 Å². The third kappa shape index (κ3) is 4.26. The smallest absolute Gasteiger partial charge is 0.342 e. The van der Waals surface area contributed by atoms with Gasteiger partial charge in [-0.15, -0.1) is 11.3 Å². The molecule has 0 unspecified atom stereocenters. The Morgan fingerprint density at radius 2 is 1.89 bits per heavy atom. The van der Waals surface area contributed by atoms with E-state index in [4.69, 9.17) is 4.74 Å². The van der Waals surface area contributed by atoms with E-state index in [0.29, 0.717) is 5.69 Å². The van der Waals surface area contributed by atoms with E-state index in [1.165, 1.54) is 25.3 Å². The van der Waals surface area contributed by atoms with Crippen molar-refractivity contribution in [3.63, 3.8) is 0 Å². The van der Waals surface area contributed by atoms with Crippen LogP contribution in [0.1, 0.15) is 17.3 Å². The molecular formula is C19H18N4O4S. The van der Waals surface area contributed by atoms with Crippen LogP contribution in [0, 0.1) is 0 Å². The molecule has 0 bridgehead atoms. The molecule has 0 radical (unpaired) electrons. The number of rotatable bonds is 5. The van der Waals surface area contributed by atoms with Crippen LogP contribution in [0.3, 0.4) is 0 Å². The summed E-state index contributed by atoms with van der Waals surface area (Å²) in [6.45, 7) is 1.39. The first-order valence-electron chi connectivity index (χ1n) is 8.42. The molecule has 0 saturated heterocycles. The van der Waals surface area contributed by atoms with Crippen molar-refractivity contribution in [2.75, 3.05) is 7.05 Å². The van der Waals surface area contributed by atoms with Gasteiger partial charge in [0, 0.05) is 13.2 Å². The van der Waals surface area contributed by atoms with Crippen molar-refractivity contribution >= 4 is 29.2 Å². The number of ether oxygens (including phenoxy) is 1. The molecule has 2 aromatic heterocycles. The Hall–Kier alpha value is -3.46. The Morgan fingerprint density at radius 3 is 2.54 bits per heavy atom. The number of esters is 1. The third-order valence-electron chi connectivity index (χ3n) is 3.83. The molecule has 0 aliphatic heterocycles. The van der Waals surface area contributed by atoms with Gasteiger partial charge in [0.1, 0.15) is 11.3 Å². The number of hydrogen-bond acceptors (Lipinski definition) is 6. The number of amides is 3. The van der Waals surface area contributed by atoms with Gasteiger partial charge in [0.2, 0.25) is 0 Å². The fraction of sp³-hybridized carbons (Fsp3) is 0.158. The number of imide groups is 1. The molecule has 0 aliphatic rings. The Kier molecular flexibility index (Phi) is 5.85. The summed E-state index contributed by atoms with van der Waals surface area (Å²) in [6.07, 6.45) is 0.414. The number of benzene rings is 1. The van der Waals surface area contributed by atoms with E-state index in [0.717, 1.165) is 10.6 Å². The van der Waals surface area contributed by atoms with Crippen molar-refractivity contribution in [1.29, 1.82) is 0 Å². The number of para-hydroxylation sites is 1. The highest BCUT2D eigenvalue weighted by Crippen LogP contribution is 2.28. The number of carbonyl (C=O) groups is 3. The minimum Gasteiger partial charge on any atom is -0.449 e. The number of nitrogens with zero attached hydrogens (tertiary/aromatic N) is 2. The van der Waals surface area contributed by atoms with Crippen molar-refractivity contribution in [3.05, 3.63) is 59.6 Å². The molecule has 3 aromatic rings. The van der Waals surface area contributed by atoms with Gasteiger partial charge in [0.15, 0.2) is 6.10 Å². The predicted molar refractivity (Wildman–Crippen MR) is 104 cm³/mol. The first-order valence-corrected chi connectivity index (χ1v) is 9.30. The number of urea groups is 1. The average molecular weight is 398 g/mol. The van der Waals surface area contributed by atoms with Crippen LogP contribution in [0.4, 0.5) is 4.79 Å². The van der Waals surface area contributed by atoms with Crippen LogP contribution in [0.5, 0.6) is 0 Å². The van der Waals surface area contributed by atoms with Crippen LogP contribution >= 0.6 is 11.3 Å². The second-order valence-electron chi connectivity index (χ2n) is 5.76. The standard InChI is InChI=1S/C19H18N4O4S/c1-12(17(24)21-19(26)20-2)27-18(25)14-11-23(13-7-4-3-5-8-13)22-16(14)15-9-6-10-28-15/h3-12H,1-2H3,(H2,20,21,24,26)/t12-/m1/s1. The van der Waals surface area contributed by atoms with E-state index in [-0.39, 0.29) is 5.56 Å². The van der Waals surface area contributed by atoms with Gasteiger partial charge in [-0.05, 0) is 30.5 Å². The molecule has 3 rings (SSSR count). The molecule has 1 aromatic carbocycles. The van der Waals surface area contributed by atoms with Gasteiger partial charge >= 0.3 is 12.0 Å². The molecule has 0 spiro atoms.